The Bertz CT molecular complexity index is 1450. The number of carbonyl (C=O) groups is 2. The Labute approximate surface area is 209 Å². The number of hydrogen-bond acceptors (Lipinski definition) is 6. The minimum absolute atomic E-state index is 0.106. The van der Waals surface area contributed by atoms with Gasteiger partial charge < -0.3 is 19.1 Å². The van der Waals surface area contributed by atoms with Crippen LogP contribution in [-0.2, 0) is 4.79 Å². The molecule has 0 aliphatic carbocycles. The smallest absolute Gasteiger partial charge is 0.308 e. The topological polar surface area (TPSA) is 70.0 Å². The van der Waals surface area contributed by atoms with Crippen LogP contribution in [0.25, 0.3) is 10.9 Å². The van der Waals surface area contributed by atoms with E-state index in [1.807, 2.05) is 39.1 Å². The molecule has 7 nitrogen and oxygen atoms in total. The maximum atomic E-state index is 13.4. The summed E-state index contributed by atoms with van der Waals surface area (Å²) < 4.78 is 19.1. The van der Waals surface area contributed by atoms with Gasteiger partial charge in [-0.3, -0.25) is 14.2 Å². The summed E-state index contributed by atoms with van der Waals surface area (Å²) in [5.74, 6) is 1.40. The van der Waals surface area contributed by atoms with E-state index in [2.05, 4.69) is 17.0 Å². The van der Waals surface area contributed by atoms with E-state index in [4.69, 9.17) is 14.2 Å². The van der Waals surface area contributed by atoms with Gasteiger partial charge in [-0.25, -0.2) is 0 Å². The van der Waals surface area contributed by atoms with E-state index in [1.165, 1.54) is 6.92 Å². The minimum Gasteiger partial charge on any atom is -0.490 e. The summed E-state index contributed by atoms with van der Waals surface area (Å²) in [7, 11) is 2.05. The van der Waals surface area contributed by atoms with Crippen LogP contribution >= 0.6 is 0 Å². The first kappa shape index (κ1) is 23.5. The summed E-state index contributed by atoms with van der Waals surface area (Å²) >= 11 is 0. The van der Waals surface area contributed by atoms with Gasteiger partial charge in [-0.1, -0.05) is 12.1 Å². The summed E-state index contributed by atoms with van der Waals surface area (Å²) in [6.45, 7) is 6.38. The molecule has 0 fully saturated rings. The Morgan fingerprint density at radius 1 is 1.03 bits per heavy atom. The number of hydrogen-bond donors (Lipinski definition) is 0. The van der Waals surface area contributed by atoms with Gasteiger partial charge in [-0.15, -0.1) is 0 Å². The number of nitrogens with zero attached hydrogens (tertiary/aromatic N) is 2. The summed E-state index contributed by atoms with van der Waals surface area (Å²) in [5.41, 5.74) is 4.19. The molecule has 0 N–H and O–H groups in total. The standard InChI is InChI=1S/C29H28N2O5/c1-18-8-13-26-28(14-18)36-23(16-30(26)4)17-34-22-11-9-21(10-12-22)29(33)31-19(2)15-24-25(31)6-5-7-27(24)35-20(3)32/h5-15,23H,16-17H2,1-4H3/t23-/m0/s1. The predicted octanol–water partition coefficient (Wildman–Crippen LogP) is 5.15. The van der Waals surface area contributed by atoms with Crippen molar-refractivity contribution in [2.75, 3.05) is 25.1 Å². The summed E-state index contributed by atoms with van der Waals surface area (Å²) in [6, 6.07) is 20.5. The lowest BCUT2D eigenvalue weighted by molar-refractivity contribution is -0.131. The third kappa shape index (κ3) is 4.52. The van der Waals surface area contributed by atoms with Gasteiger partial charge in [0.15, 0.2) is 0 Å². The molecule has 0 amide bonds. The average molecular weight is 485 g/mol. The van der Waals surface area contributed by atoms with Crippen LogP contribution < -0.4 is 19.1 Å². The van der Waals surface area contributed by atoms with E-state index in [0.717, 1.165) is 29.2 Å². The van der Waals surface area contributed by atoms with E-state index in [1.54, 1.807) is 41.0 Å². The third-order valence-corrected chi connectivity index (χ3v) is 6.28. The molecule has 3 aromatic carbocycles. The van der Waals surface area contributed by atoms with Crippen molar-refractivity contribution in [3.8, 4) is 17.2 Å². The van der Waals surface area contributed by atoms with E-state index in [9.17, 15) is 9.59 Å². The van der Waals surface area contributed by atoms with Crippen LogP contribution in [0, 0.1) is 13.8 Å². The zero-order chi connectivity index (χ0) is 25.4. The Kier molecular flexibility index (Phi) is 6.14. The van der Waals surface area contributed by atoms with Crippen molar-refractivity contribution in [1.82, 2.24) is 4.57 Å². The molecule has 0 spiro atoms. The normalized spacial score (nSPS) is 14.8. The predicted molar refractivity (Wildman–Crippen MR) is 139 cm³/mol. The number of esters is 1. The molecule has 5 rings (SSSR count). The molecule has 184 valence electrons. The van der Waals surface area contributed by atoms with Crippen molar-refractivity contribution in [2.24, 2.45) is 0 Å². The van der Waals surface area contributed by atoms with Crippen LogP contribution in [0.15, 0.2) is 66.7 Å². The highest BCUT2D eigenvalue weighted by atomic mass is 16.5. The number of rotatable bonds is 5. The highest BCUT2D eigenvalue weighted by Crippen LogP contribution is 2.33. The van der Waals surface area contributed by atoms with Crippen molar-refractivity contribution < 1.29 is 23.8 Å². The van der Waals surface area contributed by atoms with Crippen molar-refractivity contribution >= 4 is 28.5 Å². The molecule has 1 atom stereocenters. The summed E-state index contributed by atoms with van der Waals surface area (Å²) in [5, 5.41) is 0.715. The first-order valence-electron chi connectivity index (χ1n) is 11.9. The molecule has 1 aromatic heterocycles. The van der Waals surface area contributed by atoms with Crippen molar-refractivity contribution in [1.29, 1.82) is 0 Å². The molecule has 36 heavy (non-hydrogen) atoms. The monoisotopic (exact) mass is 484 g/mol. The second-order valence-electron chi connectivity index (χ2n) is 9.14. The molecular weight excluding hydrogens is 456 g/mol. The van der Waals surface area contributed by atoms with Gasteiger partial charge in [0.05, 0.1) is 17.7 Å². The number of anilines is 1. The van der Waals surface area contributed by atoms with Crippen LogP contribution in [-0.4, -0.2) is 42.7 Å². The quantitative estimate of drug-likeness (QED) is 0.288. The van der Waals surface area contributed by atoms with E-state index >= 15 is 0 Å². The lowest BCUT2D eigenvalue weighted by Crippen LogP contribution is -2.41. The fraction of sp³-hybridized carbons (Fsp3) is 0.241. The van der Waals surface area contributed by atoms with Crippen LogP contribution in [0.2, 0.25) is 0 Å². The maximum absolute atomic E-state index is 13.4. The molecule has 0 saturated carbocycles. The molecule has 4 aromatic rings. The van der Waals surface area contributed by atoms with Crippen molar-refractivity contribution in [2.45, 2.75) is 26.9 Å². The van der Waals surface area contributed by atoms with E-state index in [-0.39, 0.29) is 12.0 Å². The third-order valence-electron chi connectivity index (χ3n) is 6.28. The molecule has 1 aliphatic heterocycles. The molecule has 0 saturated heterocycles. The lowest BCUT2D eigenvalue weighted by atomic mass is 10.1. The first-order valence-corrected chi connectivity index (χ1v) is 11.9. The maximum Gasteiger partial charge on any atom is 0.308 e. The molecule has 0 unspecified atom stereocenters. The number of ether oxygens (including phenoxy) is 3. The SMILES string of the molecule is CC(=O)Oc1cccc2c1cc(C)n2C(=O)c1ccc(OC[C@@H]2CN(C)c3ccc(C)cc3O2)cc1. The molecule has 0 bridgehead atoms. The number of aryl methyl sites for hydroxylation is 2. The zero-order valence-corrected chi connectivity index (χ0v) is 20.8. The number of benzene rings is 3. The highest BCUT2D eigenvalue weighted by Gasteiger charge is 2.24. The Balaban J connectivity index is 1.29. The summed E-state index contributed by atoms with van der Waals surface area (Å²) in [4.78, 5) is 27.0. The van der Waals surface area contributed by atoms with Gasteiger partial charge in [0.2, 0.25) is 0 Å². The first-order chi connectivity index (χ1) is 17.3. The number of fused-ring (bicyclic) bond motifs is 2. The van der Waals surface area contributed by atoms with Crippen LogP contribution in [0.1, 0.15) is 28.5 Å². The van der Waals surface area contributed by atoms with Gasteiger partial charge in [0.25, 0.3) is 5.91 Å². The van der Waals surface area contributed by atoms with Crippen LogP contribution in [0.5, 0.6) is 17.2 Å². The second-order valence-corrected chi connectivity index (χ2v) is 9.14. The molecule has 1 aliphatic rings. The van der Waals surface area contributed by atoms with Crippen molar-refractivity contribution in [3.63, 3.8) is 0 Å². The fourth-order valence-electron chi connectivity index (χ4n) is 4.60. The van der Waals surface area contributed by atoms with Gasteiger partial charge >= 0.3 is 5.97 Å². The zero-order valence-electron chi connectivity index (χ0n) is 20.8. The number of carbonyl (C=O) groups excluding carboxylic acids is 2. The van der Waals surface area contributed by atoms with Gasteiger partial charge in [0.1, 0.15) is 30.0 Å². The highest BCUT2D eigenvalue weighted by molar-refractivity contribution is 6.04. The van der Waals surface area contributed by atoms with E-state index in [0.29, 0.717) is 34.6 Å². The fourth-order valence-corrected chi connectivity index (χ4v) is 4.60. The summed E-state index contributed by atoms with van der Waals surface area (Å²) in [6.07, 6.45) is -0.106. The Morgan fingerprint density at radius 3 is 2.56 bits per heavy atom. The van der Waals surface area contributed by atoms with Crippen LogP contribution in [0.4, 0.5) is 5.69 Å². The minimum atomic E-state index is -0.403. The Hall–Kier alpha value is -4.26. The van der Waals surface area contributed by atoms with Crippen LogP contribution in [0.3, 0.4) is 0 Å². The molecular formula is C29H28N2O5. The van der Waals surface area contributed by atoms with Gasteiger partial charge in [-0.05, 0) is 74.0 Å². The number of aromatic nitrogens is 1. The Morgan fingerprint density at radius 2 is 1.81 bits per heavy atom. The van der Waals surface area contributed by atoms with Gasteiger partial charge in [-0.2, -0.15) is 0 Å². The van der Waals surface area contributed by atoms with E-state index < -0.39 is 5.97 Å². The second kappa shape index (κ2) is 9.41. The molecule has 2 heterocycles. The number of likely N-dealkylation sites (N-methyl/N-ethyl adjacent to an activating group) is 1. The molecule has 0 radical (unpaired) electrons. The molecule has 7 heteroatoms. The lowest BCUT2D eigenvalue weighted by Gasteiger charge is -2.33. The largest absolute Gasteiger partial charge is 0.490 e. The van der Waals surface area contributed by atoms with Gasteiger partial charge in [0, 0.05) is 30.6 Å². The average Bonchev–Trinajstić information content (AvgIpc) is 3.19. The van der Waals surface area contributed by atoms with Crippen molar-refractivity contribution in [3.05, 3.63) is 83.6 Å².